The molecule has 1 saturated carbocycles. The summed E-state index contributed by atoms with van der Waals surface area (Å²) in [6.07, 6.45) is -2.81. The van der Waals surface area contributed by atoms with Crippen molar-refractivity contribution in [3.8, 4) is 11.8 Å². The average molecular weight is 725 g/mol. The van der Waals surface area contributed by atoms with E-state index in [0.717, 1.165) is 23.6 Å². The van der Waals surface area contributed by atoms with Crippen molar-refractivity contribution >= 4 is 29.0 Å². The van der Waals surface area contributed by atoms with Crippen LogP contribution in [0, 0.1) is 23.1 Å². The van der Waals surface area contributed by atoms with Gasteiger partial charge in [0.25, 0.3) is 5.91 Å². The molecule has 0 spiro atoms. The van der Waals surface area contributed by atoms with Crippen LogP contribution >= 0.6 is 0 Å². The standard InChI is InChI=1S/C36H36F4N6O4S/c1-34(2,3)51(49)45-35(15-14-22-10-11-22,25-8-4-6-23(16-25)20-41)26-12-13-28(37)29(18-26)43-32(47)30-19-31(36(38,39)40)44-46(30)27-9-5-7-24(17-27)21-50-33(42)48/h4-9,12-13,16-19,22,45H,10-11,14-15,21H2,1-3H3,(H2,42,48)(H,43,47)/t35?,51-/m0/s1. The Hall–Kier alpha value is -4.91. The van der Waals surface area contributed by atoms with Crippen molar-refractivity contribution in [2.24, 2.45) is 11.7 Å². The second kappa shape index (κ2) is 14.7. The number of halogens is 4. The minimum Gasteiger partial charge on any atom is -0.598 e. The molecule has 0 bridgehead atoms. The summed E-state index contributed by atoms with van der Waals surface area (Å²) in [6, 6.07) is 19.2. The molecule has 2 atom stereocenters. The summed E-state index contributed by atoms with van der Waals surface area (Å²) in [5.41, 5.74) is 3.26. The molecule has 15 heteroatoms. The second-order valence-electron chi connectivity index (χ2n) is 13.3. The molecule has 0 saturated heterocycles. The van der Waals surface area contributed by atoms with E-state index in [0.29, 0.717) is 47.1 Å². The summed E-state index contributed by atoms with van der Waals surface area (Å²) in [4.78, 5) is 24.8. The van der Waals surface area contributed by atoms with Crippen molar-refractivity contribution in [1.29, 1.82) is 5.26 Å². The maximum atomic E-state index is 15.6. The summed E-state index contributed by atoms with van der Waals surface area (Å²) in [7, 11) is 0. The fourth-order valence-corrected chi connectivity index (χ4v) is 6.46. The SMILES string of the molecule is CC(C)(C)[S@+]([O-])NC(CCC1CC1)(c1cccc(C#N)c1)c1ccc(F)c(NC(=O)c2cc(C(F)(F)F)nn2-c2cccc(COC(N)=O)c2)c1. The Balaban J connectivity index is 1.59. The summed E-state index contributed by atoms with van der Waals surface area (Å²) in [5.74, 6) is -1.55. The topological polar surface area (TPSA) is 158 Å². The van der Waals surface area contributed by atoms with E-state index in [9.17, 15) is 32.6 Å². The van der Waals surface area contributed by atoms with Crippen LogP contribution in [-0.4, -0.2) is 31.1 Å². The van der Waals surface area contributed by atoms with Crippen molar-refractivity contribution in [3.63, 3.8) is 0 Å². The number of benzene rings is 3. The van der Waals surface area contributed by atoms with Crippen LogP contribution in [-0.2, 0) is 34.4 Å². The van der Waals surface area contributed by atoms with Crippen LogP contribution in [0.25, 0.3) is 5.69 Å². The van der Waals surface area contributed by atoms with Crippen LogP contribution in [0.4, 0.5) is 28.0 Å². The summed E-state index contributed by atoms with van der Waals surface area (Å²) >= 11 is -1.67. The van der Waals surface area contributed by atoms with E-state index in [1.807, 2.05) is 0 Å². The number of anilines is 1. The van der Waals surface area contributed by atoms with Crippen molar-refractivity contribution < 1.29 is 36.4 Å². The predicted octanol–water partition coefficient (Wildman–Crippen LogP) is 7.24. The molecule has 1 unspecified atom stereocenters. The lowest BCUT2D eigenvalue weighted by Crippen LogP contribution is -2.52. The number of amides is 2. The third kappa shape index (κ3) is 8.88. The maximum absolute atomic E-state index is 15.6. The van der Waals surface area contributed by atoms with Crippen molar-refractivity contribution in [3.05, 3.63) is 112 Å². The number of ether oxygens (including phenoxy) is 1. The number of aromatic nitrogens is 2. The van der Waals surface area contributed by atoms with Gasteiger partial charge in [0.2, 0.25) is 0 Å². The lowest BCUT2D eigenvalue weighted by molar-refractivity contribution is -0.141. The molecular formula is C36H36F4N6O4S. The third-order valence-electron chi connectivity index (χ3n) is 8.41. The first kappa shape index (κ1) is 37.3. The predicted molar refractivity (Wildman–Crippen MR) is 182 cm³/mol. The average Bonchev–Trinajstić information content (AvgIpc) is 3.79. The summed E-state index contributed by atoms with van der Waals surface area (Å²) in [6.45, 7) is 5.09. The molecule has 0 radical (unpaired) electrons. The van der Waals surface area contributed by atoms with Gasteiger partial charge in [0.05, 0.1) is 23.0 Å². The zero-order valence-corrected chi connectivity index (χ0v) is 28.8. The van der Waals surface area contributed by atoms with Gasteiger partial charge < -0.3 is 20.3 Å². The van der Waals surface area contributed by atoms with E-state index in [1.54, 1.807) is 45.0 Å². The number of nitriles is 1. The first-order chi connectivity index (χ1) is 24.0. The molecule has 1 aliphatic carbocycles. The van der Waals surface area contributed by atoms with Crippen LogP contribution in [0.5, 0.6) is 0 Å². The number of primary amides is 1. The fourth-order valence-electron chi connectivity index (χ4n) is 5.50. The molecule has 51 heavy (non-hydrogen) atoms. The largest absolute Gasteiger partial charge is 0.598 e. The number of rotatable bonds is 12. The number of hydrogen-bond acceptors (Lipinski definition) is 7. The summed E-state index contributed by atoms with van der Waals surface area (Å²) < 4.78 is 79.0. The Labute approximate surface area is 295 Å². The summed E-state index contributed by atoms with van der Waals surface area (Å²) in [5, 5.41) is 15.8. The number of carbonyl (C=O) groups is 2. The molecule has 268 valence electrons. The molecule has 2 amide bonds. The molecule has 1 aliphatic rings. The van der Waals surface area contributed by atoms with Gasteiger partial charge in [0, 0.05) is 17.4 Å². The van der Waals surface area contributed by atoms with E-state index in [1.165, 1.54) is 36.4 Å². The van der Waals surface area contributed by atoms with Crippen LogP contribution in [0.15, 0.2) is 72.8 Å². The van der Waals surface area contributed by atoms with Gasteiger partial charge in [0.1, 0.15) is 28.4 Å². The third-order valence-corrected chi connectivity index (χ3v) is 10.1. The van der Waals surface area contributed by atoms with Crippen molar-refractivity contribution in [2.45, 2.75) is 69.5 Å². The zero-order chi connectivity index (χ0) is 37.1. The molecule has 0 aliphatic heterocycles. The molecule has 10 nitrogen and oxygen atoms in total. The smallest absolute Gasteiger partial charge is 0.435 e. The van der Waals surface area contributed by atoms with Gasteiger partial charge >= 0.3 is 12.3 Å². The minimum absolute atomic E-state index is 0.0285. The van der Waals surface area contributed by atoms with Crippen molar-refractivity contribution in [2.75, 3.05) is 5.32 Å². The molecule has 1 heterocycles. The first-order valence-corrected chi connectivity index (χ1v) is 17.2. The molecule has 4 N–H and O–H groups in total. The second-order valence-corrected chi connectivity index (χ2v) is 15.3. The molecule has 4 aromatic rings. The van der Waals surface area contributed by atoms with Gasteiger partial charge in [-0.2, -0.15) is 23.5 Å². The number of nitrogens with zero attached hydrogens (tertiary/aromatic N) is 3. The highest BCUT2D eigenvalue weighted by Crippen LogP contribution is 2.43. The van der Waals surface area contributed by atoms with Gasteiger partial charge in [-0.3, -0.25) is 4.79 Å². The van der Waals surface area contributed by atoms with Crippen LogP contribution in [0.2, 0.25) is 0 Å². The Morgan fingerprint density at radius 3 is 2.41 bits per heavy atom. The van der Waals surface area contributed by atoms with E-state index < -0.39 is 57.0 Å². The molecular weight excluding hydrogens is 688 g/mol. The van der Waals surface area contributed by atoms with Crippen LogP contribution in [0.1, 0.15) is 84.9 Å². The minimum atomic E-state index is -4.92. The number of carbonyl (C=O) groups excluding carboxylic acids is 2. The lowest BCUT2D eigenvalue weighted by Gasteiger charge is -2.39. The van der Waals surface area contributed by atoms with Gasteiger partial charge in [0.15, 0.2) is 5.69 Å². The van der Waals surface area contributed by atoms with E-state index in [2.05, 4.69) is 21.2 Å². The molecule has 1 fully saturated rings. The monoisotopic (exact) mass is 724 g/mol. The van der Waals surface area contributed by atoms with Gasteiger partial charge in [-0.25, -0.2) is 13.9 Å². The first-order valence-electron chi connectivity index (χ1n) is 16.0. The van der Waals surface area contributed by atoms with Gasteiger partial charge in [-0.05, 0) is 92.6 Å². The van der Waals surface area contributed by atoms with Crippen LogP contribution in [0.3, 0.4) is 0 Å². The number of hydrogen-bond donors (Lipinski definition) is 3. The Kier molecular flexibility index (Phi) is 10.8. The highest BCUT2D eigenvalue weighted by molar-refractivity contribution is 7.90. The van der Waals surface area contributed by atoms with E-state index in [4.69, 9.17) is 10.5 Å². The van der Waals surface area contributed by atoms with Crippen LogP contribution < -0.4 is 15.8 Å². The molecule has 1 aromatic heterocycles. The van der Waals surface area contributed by atoms with E-state index >= 15 is 4.39 Å². The Morgan fingerprint density at radius 1 is 1.06 bits per heavy atom. The lowest BCUT2D eigenvalue weighted by atomic mass is 9.79. The maximum Gasteiger partial charge on any atom is 0.435 e. The highest BCUT2D eigenvalue weighted by Gasteiger charge is 2.44. The molecule has 3 aromatic carbocycles. The van der Waals surface area contributed by atoms with Gasteiger partial charge in [-0.1, -0.05) is 43.2 Å². The Bertz CT molecular complexity index is 1970. The zero-order valence-electron chi connectivity index (χ0n) is 28.0. The fraction of sp³-hybridized carbons (Fsp3) is 0.333. The van der Waals surface area contributed by atoms with E-state index in [-0.39, 0.29) is 18.0 Å². The normalized spacial score (nSPS) is 15.0. The van der Waals surface area contributed by atoms with Gasteiger partial charge in [-0.15, -0.1) is 4.72 Å². The number of nitrogens with two attached hydrogens (primary N) is 1. The number of nitrogens with one attached hydrogen (secondary N) is 2. The quantitative estimate of drug-likeness (QED) is 0.103. The molecule has 5 rings (SSSR count). The Morgan fingerprint density at radius 2 is 1.76 bits per heavy atom. The number of alkyl halides is 3. The van der Waals surface area contributed by atoms with Crippen molar-refractivity contribution in [1.82, 2.24) is 14.5 Å². The highest BCUT2D eigenvalue weighted by atomic mass is 32.2.